The van der Waals surface area contributed by atoms with Gasteiger partial charge in [0.05, 0.1) is 13.2 Å². The van der Waals surface area contributed by atoms with Crippen LogP contribution in [-0.2, 0) is 9.47 Å². The van der Waals surface area contributed by atoms with E-state index in [1.54, 1.807) is 0 Å². The predicted octanol–water partition coefficient (Wildman–Crippen LogP) is 5.23. The molecule has 0 bridgehead atoms. The Labute approximate surface area is 173 Å². The van der Waals surface area contributed by atoms with Crippen LogP contribution in [-0.4, -0.2) is 67.4 Å². The topological polar surface area (TPSA) is 42.0 Å². The summed E-state index contributed by atoms with van der Waals surface area (Å²) >= 11 is 0. The molecule has 0 amide bonds. The second-order valence-corrected chi connectivity index (χ2v) is 8.60. The number of rotatable bonds is 12. The first kappa shape index (κ1) is 23.5. The summed E-state index contributed by atoms with van der Waals surface area (Å²) < 4.78 is 10.8. The highest BCUT2D eigenvalue weighted by atomic mass is 16.7. The summed E-state index contributed by atoms with van der Waals surface area (Å²) in [5.74, 6) is 0. The van der Waals surface area contributed by atoms with Crippen molar-refractivity contribution in [2.24, 2.45) is 0 Å². The lowest BCUT2D eigenvalue weighted by atomic mass is 9.99. The molecule has 0 N–H and O–H groups in total. The summed E-state index contributed by atoms with van der Waals surface area (Å²) in [6, 6.07) is 1.14. The molecule has 164 valence electrons. The molecule has 0 aromatic heterocycles. The molecule has 2 aliphatic rings. The number of hydrogen-bond donors (Lipinski definition) is 0. The molecule has 5 nitrogen and oxygen atoms in total. The Morgan fingerprint density at radius 3 is 1.68 bits per heavy atom. The minimum atomic E-state index is -0.480. The van der Waals surface area contributed by atoms with Crippen LogP contribution in [0.2, 0.25) is 0 Å². The number of likely N-dealkylation sites (tertiary alicyclic amines) is 2. The molecule has 0 saturated carbocycles. The van der Waals surface area contributed by atoms with Crippen molar-refractivity contribution in [1.29, 1.82) is 0 Å². The zero-order valence-corrected chi connectivity index (χ0v) is 18.5. The van der Waals surface area contributed by atoms with Gasteiger partial charge < -0.3 is 19.3 Å². The van der Waals surface area contributed by atoms with Crippen LogP contribution in [0.5, 0.6) is 0 Å². The van der Waals surface area contributed by atoms with Crippen molar-refractivity contribution in [3.63, 3.8) is 0 Å². The van der Waals surface area contributed by atoms with Gasteiger partial charge in [0.25, 0.3) is 0 Å². The number of unbranched alkanes of at least 4 members (excludes halogenated alkanes) is 2. The van der Waals surface area contributed by atoms with Crippen LogP contribution in [0.15, 0.2) is 0 Å². The SMILES string of the molecule is CCCCN1CCCCC1CCOC(=O)OCCC1CCCCN1CCCC. The molecule has 28 heavy (non-hydrogen) atoms. The average molecular weight is 397 g/mol. The maximum atomic E-state index is 12.0. The van der Waals surface area contributed by atoms with Gasteiger partial charge in [-0.15, -0.1) is 0 Å². The molecule has 2 unspecified atom stereocenters. The van der Waals surface area contributed by atoms with Gasteiger partial charge in [0.2, 0.25) is 0 Å². The van der Waals surface area contributed by atoms with Gasteiger partial charge in [0, 0.05) is 12.1 Å². The van der Waals surface area contributed by atoms with Crippen molar-refractivity contribution in [3.05, 3.63) is 0 Å². The van der Waals surface area contributed by atoms with Gasteiger partial charge in [0.1, 0.15) is 0 Å². The van der Waals surface area contributed by atoms with Crippen molar-refractivity contribution >= 4 is 6.16 Å². The van der Waals surface area contributed by atoms with Gasteiger partial charge in [-0.1, -0.05) is 39.5 Å². The zero-order valence-electron chi connectivity index (χ0n) is 18.5. The van der Waals surface area contributed by atoms with Gasteiger partial charge >= 0.3 is 6.16 Å². The number of carbonyl (C=O) groups excluding carboxylic acids is 1. The first-order chi connectivity index (χ1) is 13.7. The minimum Gasteiger partial charge on any atom is -0.434 e. The molecule has 0 aromatic rings. The third-order valence-electron chi connectivity index (χ3n) is 6.44. The molecular formula is C23H44N2O3. The molecule has 0 spiro atoms. The molecule has 2 aliphatic heterocycles. The van der Waals surface area contributed by atoms with E-state index in [9.17, 15) is 4.79 Å². The lowest BCUT2D eigenvalue weighted by Gasteiger charge is -2.36. The fraction of sp³-hybridized carbons (Fsp3) is 0.957. The van der Waals surface area contributed by atoms with Crippen LogP contribution >= 0.6 is 0 Å². The van der Waals surface area contributed by atoms with Crippen molar-refractivity contribution in [3.8, 4) is 0 Å². The molecule has 2 saturated heterocycles. The molecule has 2 heterocycles. The third-order valence-corrected chi connectivity index (χ3v) is 6.44. The van der Waals surface area contributed by atoms with E-state index in [0.717, 1.165) is 12.8 Å². The van der Waals surface area contributed by atoms with E-state index in [2.05, 4.69) is 23.6 Å². The third kappa shape index (κ3) is 8.69. The Morgan fingerprint density at radius 1 is 0.786 bits per heavy atom. The molecule has 0 radical (unpaired) electrons. The van der Waals surface area contributed by atoms with Crippen molar-refractivity contribution in [2.45, 2.75) is 103 Å². The van der Waals surface area contributed by atoms with Crippen LogP contribution in [0.1, 0.15) is 90.9 Å². The van der Waals surface area contributed by atoms with Crippen LogP contribution < -0.4 is 0 Å². The Bertz CT molecular complexity index is 383. The van der Waals surface area contributed by atoms with Crippen molar-refractivity contribution in [2.75, 3.05) is 39.4 Å². The lowest BCUT2D eigenvalue weighted by Crippen LogP contribution is -2.41. The van der Waals surface area contributed by atoms with E-state index in [1.165, 1.54) is 90.4 Å². The molecule has 0 aliphatic carbocycles. The summed E-state index contributed by atoms with van der Waals surface area (Å²) in [7, 11) is 0. The first-order valence-corrected chi connectivity index (χ1v) is 12.0. The normalized spacial score (nSPS) is 24.2. The smallest absolute Gasteiger partial charge is 0.434 e. The maximum Gasteiger partial charge on any atom is 0.508 e. The van der Waals surface area contributed by atoms with Crippen LogP contribution in [0, 0.1) is 0 Å². The lowest BCUT2D eigenvalue weighted by molar-refractivity contribution is 0.0343. The predicted molar refractivity (Wildman–Crippen MR) is 115 cm³/mol. The van der Waals surface area contributed by atoms with Gasteiger partial charge in [0.15, 0.2) is 0 Å². The van der Waals surface area contributed by atoms with E-state index in [1.807, 2.05) is 0 Å². The van der Waals surface area contributed by atoms with E-state index in [-0.39, 0.29) is 0 Å². The first-order valence-electron chi connectivity index (χ1n) is 12.0. The van der Waals surface area contributed by atoms with Crippen molar-refractivity contribution < 1.29 is 14.3 Å². The molecule has 2 fully saturated rings. The minimum absolute atomic E-state index is 0.480. The van der Waals surface area contributed by atoms with Gasteiger partial charge in [-0.2, -0.15) is 0 Å². The number of hydrogen-bond acceptors (Lipinski definition) is 5. The second-order valence-electron chi connectivity index (χ2n) is 8.60. The maximum absolute atomic E-state index is 12.0. The number of piperidine rings is 2. The average Bonchev–Trinajstić information content (AvgIpc) is 2.72. The quantitative estimate of drug-likeness (QED) is 0.423. The Balaban J connectivity index is 1.59. The van der Waals surface area contributed by atoms with Crippen LogP contribution in [0.4, 0.5) is 4.79 Å². The van der Waals surface area contributed by atoms with E-state index in [0.29, 0.717) is 25.3 Å². The molecular weight excluding hydrogens is 352 g/mol. The Kier molecular flexibility index (Phi) is 11.9. The monoisotopic (exact) mass is 396 g/mol. The van der Waals surface area contributed by atoms with E-state index >= 15 is 0 Å². The van der Waals surface area contributed by atoms with E-state index < -0.39 is 6.16 Å². The van der Waals surface area contributed by atoms with E-state index in [4.69, 9.17) is 9.47 Å². The Hall–Kier alpha value is -0.810. The number of nitrogens with zero attached hydrogens (tertiary/aromatic N) is 2. The molecule has 2 rings (SSSR count). The summed E-state index contributed by atoms with van der Waals surface area (Å²) in [4.78, 5) is 17.1. The summed E-state index contributed by atoms with van der Waals surface area (Å²) in [5.41, 5.74) is 0. The number of carbonyl (C=O) groups is 1. The van der Waals surface area contributed by atoms with Crippen LogP contribution in [0.25, 0.3) is 0 Å². The molecule has 2 atom stereocenters. The Morgan fingerprint density at radius 2 is 1.25 bits per heavy atom. The second kappa shape index (κ2) is 14.2. The summed E-state index contributed by atoms with van der Waals surface area (Å²) in [5, 5.41) is 0. The largest absolute Gasteiger partial charge is 0.508 e. The fourth-order valence-electron chi connectivity index (χ4n) is 4.68. The van der Waals surface area contributed by atoms with Gasteiger partial charge in [-0.05, 0) is 77.5 Å². The van der Waals surface area contributed by atoms with Gasteiger partial charge in [-0.25, -0.2) is 4.79 Å². The standard InChI is InChI=1S/C23H44N2O3/c1-3-5-15-24-17-9-7-11-21(24)13-19-27-23(26)28-20-14-22-12-8-10-18-25(22)16-6-4-2/h21-22H,3-20H2,1-2H3. The fourth-order valence-corrected chi connectivity index (χ4v) is 4.68. The number of ether oxygens (including phenoxy) is 2. The summed E-state index contributed by atoms with van der Waals surface area (Å²) in [6.07, 6.45) is 14.1. The van der Waals surface area contributed by atoms with Gasteiger partial charge in [-0.3, -0.25) is 0 Å². The highest BCUT2D eigenvalue weighted by Gasteiger charge is 2.23. The van der Waals surface area contributed by atoms with Crippen molar-refractivity contribution in [1.82, 2.24) is 9.80 Å². The highest BCUT2D eigenvalue weighted by Crippen LogP contribution is 2.21. The van der Waals surface area contributed by atoms with Crippen LogP contribution in [0.3, 0.4) is 0 Å². The molecule has 0 aromatic carbocycles. The highest BCUT2D eigenvalue weighted by molar-refractivity contribution is 5.59. The molecule has 5 heteroatoms. The zero-order chi connectivity index (χ0) is 20.0. The summed E-state index contributed by atoms with van der Waals surface area (Å²) in [6.45, 7) is 10.2.